The molecule has 1 aromatic carbocycles. The molecule has 2 heterocycles. The molecule has 0 radical (unpaired) electrons. The van der Waals surface area contributed by atoms with Gasteiger partial charge in [0.05, 0.1) is 24.5 Å². The van der Waals surface area contributed by atoms with E-state index < -0.39 is 0 Å². The number of phenolic OH excluding ortho intramolecular Hbond substituents is 1. The fourth-order valence-corrected chi connectivity index (χ4v) is 5.69. The second-order valence-electron chi connectivity index (χ2n) is 9.10. The van der Waals surface area contributed by atoms with Gasteiger partial charge in [0.2, 0.25) is 11.8 Å². The van der Waals surface area contributed by atoms with Crippen LogP contribution < -0.4 is 0 Å². The van der Waals surface area contributed by atoms with Crippen LogP contribution in [0.15, 0.2) is 41.0 Å². The number of nitrogens with zero attached hydrogens (tertiary/aromatic N) is 1. The average Bonchev–Trinajstić information content (AvgIpc) is 3.27. The van der Waals surface area contributed by atoms with E-state index in [0.717, 1.165) is 37.7 Å². The number of imide groups is 1. The lowest BCUT2D eigenvalue weighted by atomic mass is 9.68. The lowest BCUT2D eigenvalue weighted by molar-refractivity contribution is -0.138. The van der Waals surface area contributed by atoms with Gasteiger partial charge in [-0.15, -0.1) is 0 Å². The number of allylic oxidation sites excluding steroid dienone is 2. The van der Waals surface area contributed by atoms with Crippen molar-refractivity contribution in [3.8, 4) is 5.75 Å². The Kier molecular flexibility index (Phi) is 6.33. The molecule has 1 N–H and O–H groups in total. The van der Waals surface area contributed by atoms with Crippen molar-refractivity contribution in [2.24, 2.45) is 17.8 Å². The predicted octanol–water partition coefficient (Wildman–Crippen LogP) is 4.71. The molecule has 2 aliphatic heterocycles. The standard InChI is InChI=1S/C26H33NO4/c1-4-7-18-14-20-24(26(30)27(3)25(20)29)21-15-31-22(23(18)21)11-10-16(5-2)12-17-8-6-9-19(28)13-17/h6,8-9,12-13,20-22,24,28H,4-5,7,10-11,14-15H2,1-3H3/b16-12+/t20-,21+,22-,24-/m1/s1. The minimum atomic E-state index is -0.244. The maximum Gasteiger partial charge on any atom is 0.233 e. The SMILES string of the molecule is CCCC1=C2[C@@H](CC/C(=C/c3cccc(O)c3)CC)OC[C@@H]2[C@@H]2C(=O)N(C)C(=O)[C@@H]2C1. The van der Waals surface area contributed by atoms with Gasteiger partial charge in [-0.3, -0.25) is 14.5 Å². The van der Waals surface area contributed by atoms with Crippen LogP contribution in [0.1, 0.15) is 57.9 Å². The Labute approximate surface area is 184 Å². The van der Waals surface area contributed by atoms with Gasteiger partial charge in [0.15, 0.2) is 0 Å². The Morgan fingerprint density at radius 3 is 2.74 bits per heavy atom. The number of phenols is 1. The van der Waals surface area contributed by atoms with E-state index >= 15 is 0 Å². The second-order valence-corrected chi connectivity index (χ2v) is 9.10. The van der Waals surface area contributed by atoms with Crippen molar-refractivity contribution in [3.63, 3.8) is 0 Å². The molecule has 5 nitrogen and oxygen atoms in total. The van der Waals surface area contributed by atoms with Crippen LogP contribution in [0.25, 0.3) is 6.08 Å². The van der Waals surface area contributed by atoms with Crippen LogP contribution in [-0.4, -0.2) is 41.6 Å². The van der Waals surface area contributed by atoms with Crippen molar-refractivity contribution in [1.29, 1.82) is 0 Å². The Balaban J connectivity index is 1.54. The largest absolute Gasteiger partial charge is 0.508 e. The topological polar surface area (TPSA) is 66.8 Å². The van der Waals surface area contributed by atoms with Gasteiger partial charge in [0, 0.05) is 13.0 Å². The minimum absolute atomic E-state index is 0.0200. The summed E-state index contributed by atoms with van der Waals surface area (Å²) in [4.78, 5) is 26.8. The zero-order valence-corrected chi connectivity index (χ0v) is 18.8. The van der Waals surface area contributed by atoms with Gasteiger partial charge in [0.25, 0.3) is 0 Å². The summed E-state index contributed by atoms with van der Waals surface area (Å²) in [6.07, 6.45) is 7.62. The first kappa shape index (κ1) is 21.8. The first-order valence-corrected chi connectivity index (χ1v) is 11.6. The Morgan fingerprint density at radius 1 is 1.23 bits per heavy atom. The number of hydrogen-bond acceptors (Lipinski definition) is 4. The van der Waals surface area contributed by atoms with Crippen LogP contribution in [0.2, 0.25) is 0 Å². The number of aromatic hydroxyl groups is 1. The number of fused-ring (bicyclic) bond motifs is 3. The number of carbonyl (C=O) groups excluding carboxylic acids is 2. The molecule has 4 rings (SSSR count). The van der Waals surface area contributed by atoms with Crippen molar-refractivity contribution in [3.05, 3.63) is 46.5 Å². The summed E-state index contributed by atoms with van der Waals surface area (Å²) in [7, 11) is 1.62. The molecule has 2 fully saturated rings. The Morgan fingerprint density at radius 2 is 2.03 bits per heavy atom. The highest BCUT2D eigenvalue weighted by Crippen LogP contribution is 2.50. The van der Waals surface area contributed by atoms with Crippen LogP contribution >= 0.6 is 0 Å². The first-order valence-electron chi connectivity index (χ1n) is 11.6. The van der Waals surface area contributed by atoms with E-state index in [4.69, 9.17) is 4.74 Å². The Hall–Kier alpha value is -2.40. The third kappa shape index (κ3) is 4.08. The van der Waals surface area contributed by atoms with E-state index in [9.17, 15) is 14.7 Å². The van der Waals surface area contributed by atoms with E-state index in [1.54, 1.807) is 19.2 Å². The van der Waals surface area contributed by atoms with Gasteiger partial charge >= 0.3 is 0 Å². The second kappa shape index (κ2) is 8.99. The number of carbonyl (C=O) groups is 2. The molecule has 1 aromatic rings. The van der Waals surface area contributed by atoms with Crippen molar-refractivity contribution >= 4 is 17.9 Å². The summed E-state index contributed by atoms with van der Waals surface area (Å²) in [6.45, 7) is 4.86. The van der Waals surface area contributed by atoms with Crippen molar-refractivity contribution in [1.82, 2.24) is 4.90 Å². The summed E-state index contributed by atoms with van der Waals surface area (Å²) in [5.74, 6) is -0.174. The van der Waals surface area contributed by atoms with Gasteiger partial charge in [0.1, 0.15) is 5.75 Å². The van der Waals surface area contributed by atoms with Gasteiger partial charge in [-0.25, -0.2) is 0 Å². The van der Waals surface area contributed by atoms with E-state index in [-0.39, 0.29) is 41.4 Å². The molecule has 0 bridgehead atoms. The molecule has 3 aliphatic rings. The highest BCUT2D eigenvalue weighted by atomic mass is 16.5. The molecular formula is C26H33NO4. The quantitative estimate of drug-likeness (QED) is 0.509. The van der Waals surface area contributed by atoms with Gasteiger partial charge in [-0.2, -0.15) is 0 Å². The highest BCUT2D eigenvalue weighted by Gasteiger charge is 2.55. The van der Waals surface area contributed by atoms with Crippen LogP contribution in [0.4, 0.5) is 0 Å². The summed E-state index contributed by atoms with van der Waals surface area (Å²) in [5.41, 5.74) is 4.98. The fourth-order valence-electron chi connectivity index (χ4n) is 5.69. The summed E-state index contributed by atoms with van der Waals surface area (Å²) < 4.78 is 6.26. The zero-order chi connectivity index (χ0) is 22.1. The number of hydrogen-bond donors (Lipinski definition) is 1. The minimum Gasteiger partial charge on any atom is -0.508 e. The molecule has 166 valence electrons. The highest BCUT2D eigenvalue weighted by molar-refractivity contribution is 6.05. The van der Waals surface area contributed by atoms with E-state index in [0.29, 0.717) is 13.0 Å². The molecule has 2 saturated heterocycles. The molecule has 1 aliphatic carbocycles. The summed E-state index contributed by atoms with van der Waals surface area (Å²) in [6, 6.07) is 7.32. The molecule has 5 heteroatoms. The van der Waals surface area contributed by atoms with E-state index in [2.05, 4.69) is 19.9 Å². The molecule has 0 spiro atoms. The van der Waals surface area contributed by atoms with E-state index in [1.165, 1.54) is 21.6 Å². The van der Waals surface area contributed by atoms with Crippen molar-refractivity contribution < 1.29 is 19.4 Å². The molecule has 31 heavy (non-hydrogen) atoms. The molecule has 0 aromatic heterocycles. The van der Waals surface area contributed by atoms with Crippen LogP contribution in [0.5, 0.6) is 5.75 Å². The van der Waals surface area contributed by atoms with Gasteiger partial charge in [-0.1, -0.05) is 49.6 Å². The van der Waals surface area contributed by atoms with Gasteiger partial charge in [-0.05, 0) is 55.4 Å². The third-order valence-corrected chi connectivity index (χ3v) is 7.20. The number of ether oxygens (including phenoxy) is 1. The third-order valence-electron chi connectivity index (χ3n) is 7.20. The predicted molar refractivity (Wildman–Crippen MR) is 120 cm³/mol. The van der Waals surface area contributed by atoms with Crippen molar-refractivity contribution in [2.75, 3.05) is 13.7 Å². The lowest BCUT2D eigenvalue weighted by Crippen LogP contribution is -2.34. The van der Waals surface area contributed by atoms with Crippen LogP contribution in [0.3, 0.4) is 0 Å². The maximum atomic E-state index is 12.8. The van der Waals surface area contributed by atoms with Crippen molar-refractivity contribution in [2.45, 2.75) is 58.5 Å². The zero-order valence-electron chi connectivity index (χ0n) is 18.8. The van der Waals surface area contributed by atoms with Gasteiger partial charge < -0.3 is 9.84 Å². The fraction of sp³-hybridized carbons (Fsp3) is 0.538. The number of rotatable bonds is 7. The monoisotopic (exact) mass is 423 g/mol. The summed E-state index contributed by atoms with van der Waals surface area (Å²) >= 11 is 0. The normalized spacial score (nSPS) is 28.4. The number of likely N-dealkylation sites (tertiary alicyclic amines) is 1. The molecular weight excluding hydrogens is 390 g/mol. The van der Waals surface area contributed by atoms with Crippen LogP contribution in [0, 0.1) is 17.8 Å². The van der Waals surface area contributed by atoms with E-state index in [1.807, 2.05) is 12.1 Å². The lowest BCUT2D eigenvalue weighted by Gasteiger charge is -2.32. The molecule has 0 saturated carbocycles. The smallest absolute Gasteiger partial charge is 0.233 e. The maximum absolute atomic E-state index is 12.8. The Bertz CT molecular complexity index is 931. The number of benzene rings is 1. The summed E-state index contributed by atoms with van der Waals surface area (Å²) in [5, 5.41) is 9.73. The molecule has 0 unspecified atom stereocenters. The average molecular weight is 424 g/mol. The molecule has 4 atom stereocenters. The van der Waals surface area contributed by atoms with Crippen LogP contribution in [-0.2, 0) is 14.3 Å². The molecule has 2 amide bonds. The first-order chi connectivity index (χ1) is 14.9. The number of amides is 2.